The second kappa shape index (κ2) is 26.6. The highest BCUT2D eigenvalue weighted by Gasteiger charge is 2.56. The number of anilines is 2. The van der Waals surface area contributed by atoms with Crippen LogP contribution >= 0.6 is 11.3 Å². The first kappa shape index (κ1) is 58.6. The molecule has 0 radical (unpaired) electrons. The molecular formula is C59H67F2N7O11S. The Morgan fingerprint density at radius 1 is 0.800 bits per heavy atom. The molecule has 0 spiro atoms. The summed E-state index contributed by atoms with van der Waals surface area (Å²) >= 11 is 1.56. The van der Waals surface area contributed by atoms with Gasteiger partial charge in [-0.25, -0.2) is 13.8 Å². The molecule has 18 nitrogen and oxygen atoms in total. The number of methoxy groups -OCH3 is 1. The zero-order valence-corrected chi connectivity index (χ0v) is 46.2. The van der Waals surface area contributed by atoms with Gasteiger partial charge in [-0.3, -0.25) is 29.0 Å². The Labute approximate surface area is 466 Å². The highest BCUT2D eigenvalue weighted by molar-refractivity contribution is 7.13. The Kier molecular flexibility index (Phi) is 19.5. The van der Waals surface area contributed by atoms with Gasteiger partial charge in [0.25, 0.3) is 0 Å². The number of hydrogen-bond acceptors (Lipinski definition) is 14. The summed E-state index contributed by atoms with van der Waals surface area (Å²) in [5.74, 6) is -2.55. The fraction of sp³-hybridized carbons (Fsp3) is 0.407. The molecule has 424 valence electrons. The van der Waals surface area contributed by atoms with Crippen LogP contribution in [0.25, 0.3) is 21.3 Å². The van der Waals surface area contributed by atoms with Crippen LogP contribution < -0.4 is 35.5 Å². The highest BCUT2D eigenvalue weighted by atomic mass is 32.1. The van der Waals surface area contributed by atoms with Crippen LogP contribution in [-0.2, 0) is 40.0 Å². The van der Waals surface area contributed by atoms with E-state index in [0.29, 0.717) is 92.4 Å². The molecule has 5 amide bonds. The average molecular weight is 1120 g/mol. The number of nitrogens with zero attached hydrogens (tertiary/aromatic N) is 3. The summed E-state index contributed by atoms with van der Waals surface area (Å²) < 4.78 is 57.9. The number of benzene rings is 4. The third kappa shape index (κ3) is 15.0. The maximum Gasteiger partial charge on any atom is 0.246 e. The van der Waals surface area contributed by atoms with E-state index < -0.39 is 64.3 Å². The van der Waals surface area contributed by atoms with E-state index in [1.807, 2.05) is 52.0 Å². The fourth-order valence-electron chi connectivity index (χ4n) is 9.13. The summed E-state index contributed by atoms with van der Waals surface area (Å²) in [5, 5.41) is 22.1. The number of amides is 5. The minimum atomic E-state index is -1.32. The SMILES string of the molecule is COc1cc2c(Oc3ccc(NC(=O)C4(C(=O)Nc5ccc(F)cc5)CC4)cc3F)ccnc2cc1OCCCCOCCCCOCC(=O)NC(C(=O)N1CC(O)CC1C(=O)NCc1ccc(-c2scnc2C)cc1)C(C)(C)C. The van der Waals surface area contributed by atoms with E-state index in [4.69, 9.17) is 23.7 Å². The molecule has 6 aromatic rings. The summed E-state index contributed by atoms with van der Waals surface area (Å²) in [4.78, 5) is 77.9. The molecule has 1 aliphatic heterocycles. The number of aromatic nitrogens is 2. The molecule has 3 unspecified atom stereocenters. The van der Waals surface area contributed by atoms with Crippen LogP contribution in [0.15, 0.2) is 96.6 Å². The van der Waals surface area contributed by atoms with Crippen molar-refractivity contribution >= 4 is 63.2 Å². The van der Waals surface area contributed by atoms with E-state index in [9.17, 15) is 33.5 Å². The average Bonchev–Trinajstić information content (AvgIpc) is 4.03. The smallest absolute Gasteiger partial charge is 0.246 e. The number of aliphatic hydroxyl groups excluding tert-OH is 1. The first-order valence-corrected chi connectivity index (χ1v) is 27.5. The van der Waals surface area contributed by atoms with Gasteiger partial charge in [0.1, 0.15) is 35.7 Å². The number of nitrogens with one attached hydrogen (secondary N) is 4. The minimum Gasteiger partial charge on any atom is -0.493 e. The van der Waals surface area contributed by atoms with Crippen molar-refractivity contribution in [3.8, 4) is 33.4 Å². The van der Waals surface area contributed by atoms with Crippen LogP contribution in [0.1, 0.15) is 77.0 Å². The van der Waals surface area contributed by atoms with Crippen molar-refractivity contribution in [3.63, 3.8) is 0 Å². The van der Waals surface area contributed by atoms with Gasteiger partial charge in [-0.1, -0.05) is 45.0 Å². The Balaban J connectivity index is 0.708. The number of thiazole rings is 1. The summed E-state index contributed by atoms with van der Waals surface area (Å²) in [6.07, 6.45) is 4.10. The molecule has 1 saturated carbocycles. The fourth-order valence-corrected chi connectivity index (χ4v) is 9.94. The van der Waals surface area contributed by atoms with Crippen molar-refractivity contribution in [1.29, 1.82) is 0 Å². The maximum atomic E-state index is 15.5. The molecule has 21 heteroatoms. The van der Waals surface area contributed by atoms with Gasteiger partial charge < -0.3 is 55.0 Å². The van der Waals surface area contributed by atoms with Crippen LogP contribution in [-0.4, -0.2) is 114 Å². The lowest BCUT2D eigenvalue weighted by atomic mass is 9.85. The third-order valence-electron chi connectivity index (χ3n) is 13.8. The van der Waals surface area contributed by atoms with Crippen LogP contribution in [0.3, 0.4) is 0 Å². The molecule has 3 atom stereocenters. The summed E-state index contributed by atoms with van der Waals surface area (Å²) in [6.45, 7) is 9.08. The lowest BCUT2D eigenvalue weighted by Gasteiger charge is -2.35. The predicted molar refractivity (Wildman–Crippen MR) is 297 cm³/mol. The number of aryl methyl sites for hydroxylation is 1. The van der Waals surface area contributed by atoms with E-state index >= 15 is 4.39 Å². The predicted octanol–water partition coefficient (Wildman–Crippen LogP) is 8.88. The topological polar surface area (TPSA) is 229 Å². The Bertz CT molecular complexity index is 3150. The van der Waals surface area contributed by atoms with Gasteiger partial charge in [-0.05, 0) is 111 Å². The number of hydrogen-bond donors (Lipinski definition) is 5. The lowest BCUT2D eigenvalue weighted by Crippen LogP contribution is -2.58. The van der Waals surface area contributed by atoms with Gasteiger partial charge in [-0.15, -0.1) is 11.3 Å². The van der Waals surface area contributed by atoms with Crippen molar-refractivity contribution in [2.24, 2.45) is 10.8 Å². The highest BCUT2D eigenvalue weighted by Crippen LogP contribution is 2.48. The number of carbonyl (C=O) groups is 5. The number of ether oxygens (including phenoxy) is 5. The van der Waals surface area contributed by atoms with Crippen LogP contribution in [0.5, 0.6) is 23.0 Å². The molecule has 2 aromatic heterocycles. The summed E-state index contributed by atoms with van der Waals surface area (Å²) in [6, 6.07) is 20.1. The Hall–Kier alpha value is -7.59. The number of aliphatic hydroxyl groups is 1. The molecule has 2 fully saturated rings. The zero-order chi connectivity index (χ0) is 57.0. The first-order valence-electron chi connectivity index (χ1n) is 26.6. The van der Waals surface area contributed by atoms with Gasteiger partial charge >= 0.3 is 0 Å². The number of halogens is 2. The maximum absolute atomic E-state index is 15.5. The van der Waals surface area contributed by atoms with Gasteiger partial charge in [0.15, 0.2) is 23.1 Å². The summed E-state index contributed by atoms with van der Waals surface area (Å²) in [5.41, 5.74) is 3.66. The molecule has 4 aromatic carbocycles. The van der Waals surface area contributed by atoms with E-state index in [2.05, 4.69) is 31.2 Å². The van der Waals surface area contributed by atoms with Crippen LogP contribution in [0.2, 0.25) is 0 Å². The third-order valence-corrected chi connectivity index (χ3v) is 14.8. The molecule has 80 heavy (non-hydrogen) atoms. The molecule has 0 bridgehead atoms. The number of unbranched alkanes of at least 4 members (excludes halogenated alkanes) is 2. The monoisotopic (exact) mass is 1120 g/mol. The minimum absolute atomic E-state index is 0.0269. The number of pyridine rings is 1. The van der Waals surface area contributed by atoms with E-state index in [-0.39, 0.29) is 43.5 Å². The van der Waals surface area contributed by atoms with E-state index in [1.54, 1.807) is 35.0 Å². The first-order chi connectivity index (χ1) is 38.4. The van der Waals surface area contributed by atoms with E-state index in [0.717, 1.165) is 34.2 Å². The van der Waals surface area contributed by atoms with Crippen LogP contribution in [0.4, 0.5) is 20.2 Å². The van der Waals surface area contributed by atoms with Crippen LogP contribution in [0, 0.1) is 29.4 Å². The number of fused-ring (bicyclic) bond motifs is 1. The van der Waals surface area contributed by atoms with Crippen molar-refractivity contribution < 1.29 is 61.5 Å². The quantitative estimate of drug-likeness (QED) is 0.0253. The van der Waals surface area contributed by atoms with Gasteiger partial charge in [0, 0.05) is 74.4 Å². The Morgan fingerprint density at radius 3 is 2.12 bits per heavy atom. The van der Waals surface area contributed by atoms with Crippen molar-refractivity contribution in [1.82, 2.24) is 25.5 Å². The molecule has 5 N–H and O–H groups in total. The van der Waals surface area contributed by atoms with Gasteiger partial charge in [0.05, 0.1) is 41.4 Å². The largest absolute Gasteiger partial charge is 0.493 e. The van der Waals surface area contributed by atoms with Gasteiger partial charge in [-0.2, -0.15) is 0 Å². The van der Waals surface area contributed by atoms with Crippen molar-refractivity contribution in [3.05, 3.63) is 120 Å². The number of likely N-dealkylation sites (tertiary alicyclic amines) is 1. The Morgan fingerprint density at radius 2 is 1.48 bits per heavy atom. The van der Waals surface area contributed by atoms with E-state index in [1.165, 1.54) is 54.6 Å². The zero-order valence-electron chi connectivity index (χ0n) is 45.4. The lowest BCUT2D eigenvalue weighted by molar-refractivity contribution is -0.144. The molecule has 8 rings (SSSR count). The van der Waals surface area contributed by atoms with Crippen molar-refractivity contribution in [2.75, 3.05) is 57.3 Å². The van der Waals surface area contributed by atoms with Gasteiger partial charge in [0.2, 0.25) is 29.5 Å². The number of rotatable bonds is 26. The summed E-state index contributed by atoms with van der Waals surface area (Å²) in [7, 11) is 1.50. The molecule has 1 aliphatic carbocycles. The molecule has 1 saturated heterocycles. The standard InChI is InChI=1S/C59H67F2N7O11S/c1-36-52(80-35-64-36)38-12-10-37(11-13-38)32-63-54(71)46-29-42(69)33-68(46)55(72)53(58(2,3)4)67-51(70)34-77-26-7-6-24-76-25-8-9-27-78-50-31-45-43(30-49(50)75-5)47(20-23-62-45)79-48-19-18-41(28-44(48)61)66-57(74)59(21-22-59)56(73)65-40-16-14-39(60)15-17-40/h10-20,23,28,30-31,35,42,46,53,69H,6-9,21-22,24-27,29,32-34H2,1-5H3,(H,63,71)(H,65,73)(H,66,74)(H,67,70). The molecule has 2 aliphatic rings. The number of β-amino-alcohol motifs (C(OH)–C–C–N with tert-alkyl or cyclic N) is 1. The normalized spacial score (nSPS) is 15.9. The molecular weight excluding hydrogens is 1050 g/mol. The second-order valence-electron chi connectivity index (χ2n) is 20.9. The van der Waals surface area contributed by atoms with Crippen molar-refractivity contribution in [2.45, 2.75) is 97.4 Å². The molecule has 3 heterocycles. The second-order valence-corrected chi connectivity index (χ2v) is 21.8. The number of carbonyl (C=O) groups excluding carboxylic acids is 5.